The molecule has 1 aliphatic rings. The number of fused-ring (bicyclic) bond motifs is 1. The maximum atomic E-state index is 12.5. The third kappa shape index (κ3) is 4.51. The van der Waals surface area contributed by atoms with Crippen molar-refractivity contribution in [2.75, 3.05) is 5.32 Å². The number of carboxylic acids is 1. The fourth-order valence-electron chi connectivity index (χ4n) is 4.16. The van der Waals surface area contributed by atoms with E-state index in [4.69, 9.17) is 4.74 Å². The number of aliphatic carboxylic acids is 1. The molecule has 8 heteroatoms. The Kier molecular flexibility index (Phi) is 5.90. The highest BCUT2D eigenvalue weighted by Crippen LogP contribution is 2.48. The van der Waals surface area contributed by atoms with Crippen molar-refractivity contribution in [1.29, 1.82) is 0 Å². The van der Waals surface area contributed by atoms with Crippen molar-refractivity contribution >= 4 is 28.7 Å². The van der Waals surface area contributed by atoms with E-state index in [-0.39, 0.29) is 0 Å². The second kappa shape index (κ2) is 9.19. The van der Waals surface area contributed by atoms with Crippen LogP contribution < -0.4 is 5.32 Å². The van der Waals surface area contributed by atoms with Gasteiger partial charge in [-0.1, -0.05) is 65.7 Å². The third-order valence-electron chi connectivity index (χ3n) is 6.48. The van der Waals surface area contributed by atoms with Crippen molar-refractivity contribution < 1.29 is 19.4 Å². The van der Waals surface area contributed by atoms with Gasteiger partial charge >= 0.3 is 12.1 Å². The van der Waals surface area contributed by atoms with Gasteiger partial charge in [0, 0.05) is 12.6 Å². The van der Waals surface area contributed by atoms with Gasteiger partial charge in [0.1, 0.15) is 6.10 Å². The lowest BCUT2D eigenvalue weighted by atomic mass is 9.93. The molecular formula is C28H24N4O4. The number of carbonyl (C=O) groups is 2. The van der Waals surface area contributed by atoms with Gasteiger partial charge in [-0.05, 0) is 59.7 Å². The summed E-state index contributed by atoms with van der Waals surface area (Å²) in [4.78, 5) is 24.1. The summed E-state index contributed by atoms with van der Waals surface area (Å²) in [6.07, 6.45) is 0.288. The molecule has 1 fully saturated rings. The highest BCUT2D eigenvalue weighted by molar-refractivity contribution is 5.90. The summed E-state index contributed by atoms with van der Waals surface area (Å²) >= 11 is 0. The van der Waals surface area contributed by atoms with Crippen molar-refractivity contribution in [3.8, 4) is 11.8 Å². The van der Waals surface area contributed by atoms with Gasteiger partial charge in [-0.3, -0.25) is 10.1 Å². The molecule has 3 aromatic carbocycles. The van der Waals surface area contributed by atoms with Crippen LogP contribution in [-0.2, 0) is 22.0 Å². The first kappa shape index (κ1) is 23.1. The quantitative estimate of drug-likeness (QED) is 0.398. The third-order valence-corrected chi connectivity index (χ3v) is 6.48. The second-order valence-corrected chi connectivity index (χ2v) is 8.91. The minimum Gasteiger partial charge on any atom is -0.481 e. The minimum absolute atomic E-state index is 0.314. The number of benzene rings is 3. The molecular weight excluding hydrogens is 456 g/mol. The predicted molar refractivity (Wildman–Crippen MR) is 134 cm³/mol. The Labute approximate surface area is 207 Å². The topological polar surface area (TPSA) is 106 Å². The van der Waals surface area contributed by atoms with E-state index in [9.17, 15) is 14.7 Å². The van der Waals surface area contributed by atoms with Crippen molar-refractivity contribution in [2.45, 2.75) is 31.3 Å². The summed E-state index contributed by atoms with van der Waals surface area (Å²) in [5, 5.41) is 22.2. The van der Waals surface area contributed by atoms with Gasteiger partial charge in [-0.25, -0.2) is 9.48 Å². The molecule has 0 spiro atoms. The van der Waals surface area contributed by atoms with E-state index in [0.29, 0.717) is 24.4 Å². The molecule has 1 amide bonds. The molecule has 5 rings (SSSR count). The average molecular weight is 481 g/mol. The van der Waals surface area contributed by atoms with Crippen LogP contribution in [0.25, 0.3) is 10.8 Å². The Morgan fingerprint density at radius 2 is 1.78 bits per heavy atom. The zero-order valence-corrected chi connectivity index (χ0v) is 19.9. The van der Waals surface area contributed by atoms with E-state index in [1.165, 1.54) is 4.68 Å². The summed E-state index contributed by atoms with van der Waals surface area (Å²) < 4.78 is 6.91. The molecule has 0 saturated heterocycles. The number of carbonyl (C=O) groups excluding carboxylic acids is 1. The first-order chi connectivity index (χ1) is 17.4. The highest BCUT2D eigenvalue weighted by atomic mass is 16.6. The van der Waals surface area contributed by atoms with Crippen LogP contribution in [0.4, 0.5) is 10.6 Å². The van der Waals surface area contributed by atoms with Gasteiger partial charge in [0.2, 0.25) is 0 Å². The Hall–Kier alpha value is -4.64. The molecule has 8 nitrogen and oxygen atoms in total. The standard InChI is InChI=1S/C28H24N4O4/c1-18(20-6-4-3-5-7-20)36-27(35)29-25-24(30-31-32(25)2)13-9-19-8-10-22-17-23(12-11-21(22)16-19)28(14-15-28)26(33)34/h3-8,10-12,16-18H,14-15H2,1-2H3,(H,29,35)(H,33,34). The van der Waals surface area contributed by atoms with Crippen molar-refractivity contribution in [3.63, 3.8) is 0 Å². The van der Waals surface area contributed by atoms with E-state index < -0.39 is 23.6 Å². The molecule has 1 aliphatic carbocycles. The SMILES string of the molecule is CC(OC(=O)Nc1c(C#Cc2ccc3cc(C4(C(=O)O)CC4)ccc3c2)nnn1C)c1ccccc1. The highest BCUT2D eigenvalue weighted by Gasteiger charge is 2.51. The predicted octanol–water partition coefficient (Wildman–Crippen LogP) is 4.79. The number of amides is 1. The molecule has 36 heavy (non-hydrogen) atoms. The number of anilines is 1. The number of nitrogens with one attached hydrogen (secondary N) is 1. The lowest BCUT2D eigenvalue weighted by Crippen LogP contribution is -2.19. The number of rotatable bonds is 5. The van der Waals surface area contributed by atoms with Gasteiger partial charge < -0.3 is 9.84 Å². The van der Waals surface area contributed by atoms with E-state index in [1.807, 2.05) is 66.7 Å². The summed E-state index contributed by atoms with van der Waals surface area (Å²) in [7, 11) is 1.66. The zero-order valence-electron chi connectivity index (χ0n) is 19.9. The molecule has 1 unspecified atom stereocenters. The summed E-state index contributed by atoms with van der Waals surface area (Å²) in [5.41, 5.74) is 2.06. The van der Waals surface area contributed by atoms with E-state index in [0.717, 1.165) is 27.5 Å². The first-order valence-corrected chi connectivity index (χ1v) is 11.6. The van der Waals surface area contributed by atoms with Crippen LogP contribution in [0, 0.1) is 11.8 Å². The molecule has 4 aromatic rings. The van der Waals surface area contributed by atoms with Gasteiger partial charge in [-0.15, -0.1) is 5.10 Å². The lowest BCUT2D eigenvalue weighted by Gasteiger charge is -2.14. The Balaban J connectivity index is 1.32. The van der Waals surface area contributed by atoms with Crippen LogP contribution in [-0.4, -0.2) is 32.2 Å². The lowest BCUT2D eigenvalue weighted by molar-refractivity contribution is -0.140. The van der Waals surface area contributed by atoms with Crippen molar-refractivity contribution in [3.05, 3.63) is 89.1 Å². The Bertz CT molecular complexity index is 1530. The van der Waals surface area contributed by atoms with Crippen LogP contribution in [0.5, 0.6) is 0 Å². The Morgan fingerprint density at radius 1 is 1.06 bits per heavy atom. The number of carboxylic acid groups (broad SMARTS) is 1. The van der Waals surface area contributed by atoms with Gasteiger partial charge in [0.05, 0.1) is 5.41 Å². The molecule has 2 N–H and O–H groups in total. The monoisotopic (exact) mass is 480 g/mol. The van der Waals surface area contributed by atoms with Crippen molar-refractivity contribution in [1.82, 2.24) is 15.0 Å². The van der Waals surface area contributed by atoms with Crippen LogP contribution >= 0.6 is 0 Å². The zero-order chi connectivity index (χ0) is 25.3. The summed E-state index contributed by atoms with van der Waals surface area (Å²) in [5.74, 6) is 5.61. The number of aromatic nitrogens is 3. The molecule has 180 valence electrons. The van der Waals surface area contributed by atoms with Crippen LogP contribution in [0.1, 0.15) is 48.3 Å². The van der Waals surface area contributed by atoms with Crippen LogP contribution in [0.3, 0.4) is 0 Å². The fourth-order valence-corrected chi connectivity index (χ4v) is 4.16. The molecule has 1 saturated carbocycles. The number of hydrogen-bond acceptors (Lipinski definition) is 5. The maximum Gasteiger partial charge on any atom is 0.413 e. The van der Waals surface area contributed by atoms with Crippen LogP contribution in [0.2, 0.25) is 0 Å². The second-order valence-electron chi connectivity index (χ2n) is 8.91. The van der Waals surface area contributed by atoms with Crippen LogP contribution in [0.15, 0.2) is 66.7 Å². The number of ether oxygens (including phenoxy) is 1. The largest absolute Gasteiger partial charge is 0.481 e. The molecule has 0 bridgehead atoms. The Morgan fingerprint density at radius 3 is 2.50 bits per heavy atom. The van der Waals surface area contributed by atoms with E-state index in [2.05, 4.69) is 27.5 Å². The van der Waals surface area contributed by atoms with E-state index >= 15 is 0 Å². The van der Waals surface area contributed by atoms with Gasteiger partial charge in [-0.2, -0.15) is 0 Å². The maximum absolute atomic E-state index is 12.5. The molecule has 1 atom stereocenters. The first-order valence-electron chi connectivity index (χ1n) is 11.6. The summed E-state index contributed by atoms with van der Waals surface area (Å²) in [6.45, 7) is 1.80. The smallest absolute Gasteiger partial charge is 0.413 e. The minimum atomic E-state index is -0.767. The normalized spacial score (nSPS) is 14.4. The molecule has 0 aliphatic heterocycles. The number of aryl methyl sites for hydroxylation is 1. The fraction of sp³-hybridized carbons (Fsp3) is 0.214. The van der Waals surface area contributed by atoms with Crippen molar-refractivity contribution in [2.24, 2.45) is 7.05 Å². The molecule has 1 aromatic heterocycles. The average Bonchev–Trinajstić information content (AvgIpc) is 3.63. The molecule has 0 radical (unpaired) electrons. The van der Waals surface area contributed by atoms with Gasteiger partial charge in [0.25, 0.3) is 0 Å². The number of nitrogens with zero attached hydrogens (tertiary/aromatic N) is 3. The van der Waals surface area contributed by atoms with Gasteiger partial charge in [0.15, 0.2) is 11.5 Å². The number of hydrogen-bond donors (Lipinski definition) is 2. The molecule has 1 heterocycles. The summed E-state index contributed by atoms with van der Waals surface area (Å²) in [6, 6.07) is 20.9. The van der Waals surface area contributed by atoms with E-state index in [1.54, 1.807) is 14.0 Å².